The number of hydrogen-bond acceptors (Lipinski definition) is 2. The van der Waals surface area contributed by atoms with Crippen molar-refractivity contribution in [3.63, 3.8) is 0 Å². The van der Waals surface area contributed by atoms with Crippen molar-refractivity contribution in [1.82, 2.24) is 5.43 Å². The summed E-state index contributed by atoms with van der Waals surface area (Å²) in [7, 11) is 0. The molecule has 0 unspecified atom stereocenters. The molecule has 4 heteroatoms. The van der Waals surface area contributed by atoms with Gasteiger partial charge in [-0.05, 0) is 37.6 Å². The molecule has 0 heterocycles. The Morgan fingerprint density at radius 2 is 1.80 bits per heavy atom. The van der Waals surface area contributed by atoms with Gasteiger partial charge in [-0.25, -0.2) is 5.43 Å². The number of carbonyl (C=O) groups is 1. The van der Waals surface area contributed by atoms with Gasteiger partial charge in [-0.3, -0.25) is 4.79 Å². The summed E-state index contributed by atoms with van der Waals surface area (Å²) in [5.41, 5.74) is 6.08. The van der Waals surface area contributed by atoms with Gasteiger partial charge < -0.3 is 0 Å². The van der Waals surface area contributed by atoms with Crippen LogP contribution in [0.15, 0.2) is 58.1 Å². The van der Waals surface area contributed by atoms with E-state index in [1.807, 2.05) is 50.2 Å². The molecule has 0 aliphatic rings. The van der Waals surface area contributed by atoms with E-state index < -0.39 is 0 Å². The van der Waals surface area contributed by atoms with Crippen molar-refractivity contribution in [2.75, 3.05) is 0 Å². The summed E-state index contributed by atoms with van der Waals surface area (Å²) < 4.78 is 0.865. The first-order valence-corrected chi connectivity index (χ1v) is 7.03. The van der Waals surface area contributed by atoms with Gasteiger partial charge in [-0.2, -0.15) is 5.10 Å². The molecule has 0 aliphatic carbocycles. The minimum atomic E-state index is -0.224. The first-order valence-electron chi connectivity index (χ1n) is 6.23. The zero-order chi connectivity index (χ0) is 14.5. The number of amides is 1. The Morgan fingerprint density at radius 1 is 1.10 bits per heavy atom. The minimum absolute atomic E-state index is 0.224. The zero-order valence-corrected chi connectivity index (χ0v) is 12.9. The van der Waals surface area contributed by atoms with Crippen LogP contribution in [0.5, 0.6) is 0 Å². The van der Waals surface area contributed by atoms with Crippen LogP contribution in [0.1, 0.15) is 28.4 Å². The second-order valence-electron chi connectivity index (χ2n) is 4.52. The van der Waals surface area contributed by atoms with Crippen LogP contribution >= 0.6 is 15.9 Å². The molecule has 0 aliphatic heterocycles. The summed E-state index contributed by atoms with van der Waals surface area (Å²) in [5.74, 6) is -0.224. The fourth-order valence-corrected chi connectivity index (χ4v) is 2.16. The molecule has 0 spiro atoms. The van der Waals surface area contributed by atoms with Gasteiger partial charge in [-0.15, -0.1) is 0 Å². The van der Waals surface area contributed by atoms with Crippen LogP contribution < -0.4 is 5.43 Å². The van der Waals surface area contributed by atoms with Crippen LogP contribution in [0.3, 0.4) is 0 Å². The largest absolute Gasteiger partial charge is 0.271 e. The Morgan fingerprint density at radius 3 is 2.50 bits per heavy atom. The Balaban J connectivity index is 2.11. The van der Waals surface area contributed by atoms with E-state index in [-0.39, 0.29) is 5.91 Å². The molecule has 1 amide bonds. The lowest BCUT2D eigenvalue weighted by Crippen LogP contribution is -2.19. The highest BCUT2D eigenvalue weighted by atomic mass is 79.9. The van der Waals surface area contributed by atoms with Crippen LogP contribution in [0.25, 0.3) is 0 Å². The molecule has 3 nitrogen and oxygen atoms in total. The first kappa shape index (κ1) is 14.5. The van der Waals surface area contributed by atoms with E-state index in [1.165, 1.54) is 0 Å². The maximum atomic E-state index is 12.0. The summed E-state index contributed by atoms with van der Waals surface area (Å²) in [6.45, 7) is 3.90. The highest BCUT2D eigenvalue weighted by molar-refractivity contribution is 9.10. The van der Waals surface area contributed by atoms with Gasteiger partial charge in [0.25, 0.3) is 5.91 Å². The van der Waals surface area contributed by atoms with Crippen LogP contribution in [0.4, 0.5) is 0 Å². The number of nitrogens with zero attached hydrogens (tertiary/aromatic N) is 1. The number of benzene rings is 2. The molecule has 0 fully saturated rings. The third-order valence-electron chi connectivity index (χ3n) is 2.85. The fourth-order valence-electron chi connectivity index (χ4n) is 1.76. The van der Waals surface area contributed by atoms with Gasteiger partial charge in [0.1, 0.15) is 0 Å². The summed E-state index contributed by atoms with van der Waals surface area (Å²) in [4.78, 5) is 12.0. The maximum Gasteiger partial charge on any atom is 0.271 e. The Kier molecular flexibility index (Phi) is 4.69. The predicted molar refractivity (Wildman–Crippen MR) is 85.0 cm³/mol. The highest BCUT2D eigenvalue weighted by Crippen LogP contribution is 2.11. The zero-order valence-electron chi connectivity index (χ0n) is 11.4. The molecule has 1 N–H and O–H groups in total. The van der Waals surface area contributed by atoms with E-state index in [2.05, 4.69) is 26.5 Å². The Bertz CT molecular complexity index is 665. The average Bonchev–Trinajstić information content (AvgIpc) is 2.44. The quantitative estimate of drug-likeness (QED) is 0.672. The predicted octanol–water partition coefficient (Wildman–Crippen LogP) is 3.91. The first-order chi connectivity index (χ1) is 9.56. The molecule has 0 aromatic heterocycles. The summed E-state index contributed by atoms with van der Waals surface area (Å²) in [5, 5.41) is 4.14. The van der Waals surface area contributed by atoms with Crippen LogP contribution in [0.2, 0.25) is 0 Å². The number of rotatable bonds is 3. The van der Waals surface area contributed by atoms with Crippen molar-refractivity contribution >= 4 is 27.5 Å². The molecular formula is C16H15BrN2O. The van der Waals surface area contributed by atoms with Crippen molar-refractivity contribution in [2.24, 2.45) is 5.10 Å². The minimum Gasteiger partial charge on any atom is -0.267 e. The molecule has 0 radical (unpaired) electrons. The lowest BCUT2D eigenvalue weighted by molar-refractivity contribution is 0.0955. The molecular weight excluding hydrogens is 316 g/mol. The average molecular weight is 331 g/mol. The number of nitrogens with one attached hydrogen (secondary N) is 1. The Labute approximate surface area is 126 Å². The van der Waals surface area contributed by atoms with E-state index in [0.717, 1.165) is 21.3 Å². The summed E-state index contributed by atoms with van der Waals surface area (Å²) in [6.07, 6.45) is 0. The molecule has 2 rings (SSSR count). The molecule has 0 saturated heterocycles. The number of aryl methyl sites for hydroxylation is 1. The SMILES string of the molecule is CC(=NNC(=O)c1cccc(Br)c1)c1cccc(C)c1. The van der Waals surface area contributed by atoms with E-state index in [0.29, 0.717) is 5.56 Å². The number of halogens is 1. The normalized spacial score (nSPS) is 11.2. The van der Waals surface area contributed by atoms with E-state index in [4.69, 9.17) is 0 Å². The summed E-state index contributed by atoms with van der Waals surface area (Å²) >= 11 is 3.34. The molecule has 0 atom stereocenters. The molecule has 20 heavy (non-hydrogen) atoms. The van der Waals surface area contributed by atoms with E-state index in [9.17, 15) is 4.79 Å². The fraction of sp³-hybridized carbons (Fsp3) is 0.125. The van der Waals surface area contributed by atoms with Crippen molar-refractivity contribution in [3.8, 4) is 0 Å². The third kappa shape index (κ3) is 3.78. The van der Waals surface area contributed by atoms with Crippen molar-refractivity contribution in [3.05, 3.63) is 69.7 Å². The lowest BCUT2D eigenvalue weighted by atomic mass is 10.1. The van der Waals surface area contributed by atoms with Crippen LogP contribution in [0, 0.1) is 6.92 Å². The van der Waals surface area contributed by atoms with Gasteiger partial charge in [0.15, 0.2) is 0 Å². The molecule has 102 valence electrons. The lowest BCUT2D eigenvalue weighted by Gasteiger charge is -2.04. The van der Waals surface area contributed by atoms with Gasteiger partial charge in [-0.1, -0.05) is 51.8 Å². The van der Waals surface area contributed by atoms with Crippen molar-refractivity contribution < 1.29 is 4.79 Å². The molecule has 2 aromatic rings. The standard InChI is InChI=1S/C16H15BrN2O/c1-11-5-3-6-13(9-11)12(2)18-19-16(20)14-7-4-8-15(17)10-14/h3-10H,1-2H3,(H,19,20). The number of hydrazone groups is 1. The van der Waals surface area contributed by atoms with Gasteiger partial charge in [0, 0.05) is 10.0 Å². The van der Waals surface area contributed by atoms with Crippen LogP contribution in [-0.2, 0) is 0 Å². The number of carbonyl (C=O) groups excluding carboxylic acids is 1. The van der Waals surface area contributed by atoms with Crippen molar-refractivity contribution in [2.45, 2.75) is 13.8 Å². The van der Waals surface area contributed by atoms with Gasteiger partial charge in [0.2, 0.25) is 0 Å². The molecule has 0 saturated carbocycles. The van der Waals surface area contributed by atoms with Gasteiger partial charge in [0.05, 0.1) is 5.71 Å². The maximum absolute atomic E-state index is 12.0. The smallest absolute Gasteiger partial charge is 0.267 e. The topological polar surface area (TPSA) is 41.5 Å². The second kappa shape index (κ2) is 6.48. The van der Waals surface area contributed by atoms with Gasteiger partial charge >= 0.3 is 0 Å². The Hall–Kier alpha value is -1.94. The monoisotopic (exact) mass is 330 g/mol. The van der Waals surface area contributed by atoms with E-state index >= 15 is 0 Å². The molecule has 0 bridgehead atoms. The van der Waals surface area contributed by atoms with Crippen molar-refractivity contribution in [1.29, 1.82) is 0 Å². The summed E-state index contributed by atoms with van der Waals surface area (Å²) in [6, 6.07) is 15.2. The highest BCUT2D eigenvalue weighted by Gasteiger charge is 2.05. The molecule has 2 aromatic carbocycles. The third-order valence-corrected chi connectivity index (χ3v) is 3.34. The second-order valence-corrected chi connectivity index (χ2v) is 5.43. The van der Waals surface area contributed by atoms with E-state index in [1.54, 1.807) is 12.1 Å². The number of hydrogen-bond donors (Lipinski definition) is 1. The van der Waals surface area contributed by atoms with Crippen LogP contribution in [-0.4, -0.2) is 11.6 Å².